The van der Waals surface area contributed by atoms with E-state index >= 15 is 0 Å². The lowest BCUT2D eigenvalue weighted by Crippen LogP contribution is -2.50. The number of aromatic nitrogens is 3. The first-order valence-corrected chi connectivity index (χ1v) is 11.8. The highest BCUT2D eigenvalue weighted by molar-refractivity contribution is 7.08. The van der Waals surface area contributed by atoms with Crippen LogP contribution in [-0.2, 0) is 16.1 Å². The van der Waals surface area contributed by atoms with Crippen LogP contribution in [0.15, 0.2) is 65.4 Å². The van der Waals surface area contributed by atoms with Crippen LogP contribution in [0.25, 0.3) is 11.0 Å². The van der Waals surface area contributed by atoms with Crippen LogP contribution in [0.2, 0.25) is 0 Å². The molecule has 2 aromatic carbocycles. The first-order valence-electron chi connectivity index (χ1n) is 10.9. The second-order valence-corrected chi connectivity index (χ2v) is 9.65. The van der Waals surface area contributed by atoms with Crippen molar-refractivity contribution in [2.24, 2.45) is 0 Å². The van der Waals surface area contributed by atoms with Crippen LogP contribution in [0.4, 0.5) is 5.69 Å². The number of methoxy groups -OCH3 is 1. The Bertz CT molecular complexity index is 1290. The molecule has 2 aromatic heterocycles. The second kappa shape index (κ2) is 9.64. The summed E-state index contributed by atoms with van der Waals surface area (Å²) < 4.78 is 7.12. The number of benzene rings is 2. The van der Waals surface area contributed by atoms with Crippen molar-refractivity contribution in [3.8, 4) is 5.75 Å². The zero-order chi connectivity index (χ0) is 24.3. The predicted molar refractivity (Wildman–Crippen MR) is 133 cm³/mol. The number of amides is 2. The molecule has 4 rings (SSSR count). The van der Waals surface area contributed by atoms with E-state index in [1.165, 1.54) is 16.2 Å². The summed E-state index contributed by atoms with van der Waals surface area (Å²) in [6.07, 6.45) is 0. The standard InChI is InChI=1S/C25H27N5O3S/c1-25(2,3)26-24(32)23(17-13-14-34-16-17)30(20-11-7-8-12-21(20)33-4)22(31)15-29-19-10-6-5-9-18(19)27-28-29/h5-14,16,23H,15H2,1-4H3,(H,26,32)/t23-/m0/s1. The van der Waals surface area contributed by atoms with Crippen LogP contribution in [0.5, 0.6) is 5.75 Å². The minimum atomic E-state index is -0.899. The Balaban J connectivity index is 1.82. The molecular weight excluding hydrogens is 450 g/mol. The third-order valence-corrected chi connectivity index (χ3v) is 5.88. The monoisotopic (exact) mass is 477 g/mol. The number of anilines is 1. The van der Waals surface area contributed by atoms with Gasteiger partial charge in [-0.2, -0.15) is 11.3 Å². The lowest BCUT2D eigenvalue weighted by Gasteiger charge is -2.34. The van der Waals surface area contributed by atoms with Crippen molar-refractivity contribution in [1.82, 2.24) is 20.3 Å². The molecule has 2 heterocycles. The van der Waals surface area contributed by atoms with Gasteiger partial charge in [0.05, 0.1) is 18.3 Å². The number of fused-ring (bicyclic) bond motifs is 1. The summed E-state index contributed by atoms with van der Waals surface area (Å²) in [4.78, 5) is 29.0. The van der Waals surface area contributed by atoms with E-state index in [2.05, 4.69) is 15.6 Å². The molecule has 34 heavy (non-hydrogen) atoms. The lowest BCUT2D eigenvalue weighted by atomic mass is 10.0. The predicted octanol–water partition coefficient (Wildman–Crippen LogP) is 4.19. The van der Waals surface area contributed by atoms with Crippen LogP contribution < -0.4 is 15.0 Å². The fourth-order valence-electron chi connectivity index (χ4n) is 3.77. The Labute approximate surface area is 202 Å². The van der Waals surface area contributed by atoms with Gasteiger partial charge in [0, 0.05) is 5.54 Å². The molecule has 0 spiro atoms. The van der Waals surface area contributed by atoms with Gasteiger partial charge in [-0.15, -0.1) is 5.10 Å². The van der Waals surface area contributed by atoms with Crippen molar-refractivity contribution in [2.45, 2.75) is 38.9 Å². The van der Waals surface area contributed by atoms with Crippen LogP contribution in [0.3, 0.4) is 0 Å². The maximum Gasteiger partial charge on any atom is 0.249 e. The Morgan fingerprint density at radius 3 is 2.56 bits per heavy atom. The molecule has 9 heteroatoms. The maximum absolute atomic E-state index is 13.9. The number of nitrogens with zero attached hydrogens (tertiary/aromatic N) is 4. The Hall–Kier alpha value is -3.72. The summed E-state index contributed by atoms with van der Waals surface area (Å²) in [6.45, 7) is 5.63. The first-order chi connectivity index (χ1) is 16.3. The quantitative estimate of drug-likeness (QED) is 0.431. The highest BCUT2D eigenvalue weighted by Gasteiger charge is 2.36. The van der Waals surface area contributed by atoms with Gasteiger partial charge in [-0.1, -0.05) is 29.5 Å². The number of rotatable bonds is 7. The van der Waals surface area contributed by atoms with Crippen LogP contribution in [0.1, 0.15) is 32.4 Å². The fourth-order valence-corrected chi connectivity index (χ4v) is 4.45. The number of nitrogens with one attached hydrogen (secondary N) is 1. The summed E-state index contributed by atoms with van der Waals surface area (Å²) >= 11 is 1.47. The number of carbonyl (C=O) groups is 2. The van der Waals surface area contributed by atoms with E-state index in [-0.39, 0.29) is 18.4 Å². The molecule has 0 saturated heterocycles. The molecule has 0 radical (unpaired) electrons. The number of ether oxygens (including phenoxy) is 1. The second-order valence-electron chi connectivity index (χ2n) is 8.87. The van der Waals surface area contributed by atoms with E-state index in [1.807, 2.05) is 74.0 Å². The summed E-state index contributed by atoms with van der Waals surface area (Å²) in [5.74, 6) is -0.114. The topological polar surface area (TPSA) is 89.3 Å². The van der Waals surface area contributed by atoms with Gasteiger partial charge >= 0.3 is 0 Å². The van der Waals surface area contributed by atoms with E-state index in [0.29, 0.717) is 17.0 Å². The Morgan fingerprint density at radius 2 is 1.85 bits per heavy atom. The summed E-state index contributed by atoms with van der Waals surface area (Å²) in [5, 5.41) is 15.1. The van der Waals surface area contributed by atoms with Gasteiger partial charge in [0.1, 0.15) is 23.9 Å². The average Bonchev–Trinajstić information content (AvgIpc) is 3.46. The molecule has 0 aliphatic heterocycles. The molecule has 0 unspecified atom stereocenters. The van der Waals surface area contributed by atoms with Crippen molar-refractivity contribution >= 4 is 39.9 Å². The van der Waals surface area contributed by atoms with Gasteiger partial charge < -0.3 is 10.1 Å². The molecule has 0 saturated carbocycles. The van der Waals surface area contributed by atoms with Crippen LogP contribution in [-0.4, -0.2) is 39.5 Å². The van der Waals surface area contributed by atoms with Gasteiger partial charge in [-0.05, 0) is 67.4 Å². The zero-order valence-corrected chi connectivity index (χ0v) is 20.4. The molecule has 0 aliphatic carbocycles. The maximum atomic E-state index is 13.9. The van der Waals surface area contributed by atoms with E-state index in [4.69, 9.17) is 4.74 Å². The van der Waals surface area contributed by atoms with Crippen molar-refractivity contribution in [2.75, 3.05) is 12.0 Å². The number of thiophene rings is 1. The van der Waals surface area contributed by atoms with Crippen molar-refractivity contribution in [3.63, 3.8) is 0 Å². The van der Waals surface area contributed by atoms with Gasteiger partial charge in [-0.3, -0.25) is 14.5 Å². The van der Waals surface area contributed by atoms with Crippen LogP contribution in [0, 0.1) is 0 Å². The van der Waals surface area contributed by atoms with Crippen molar-refractivity contribution < 1.29 is 14.3 Å². The van der Waals surface area contributed by atoms with E-state index in [1.54, 1.807) is 23.9 Å². The normalized spacial score (nSPS) is 12.4. The Kier molecular flexibility index (Phi) is 6.65. The third kappa shape index (κ3) is 4.94. The molecule has 0 bridgehead atoms. The largest absolute Gasteiger partial charge is 0.495 e. The van der Waals surface area contributed by atoms with E-state index < -0.39 is 11.6 Å². The minimum absolute atomic E-state index is 0.0952. The minimum Gasteiger partial charge on any atom is -0.495 e. The number of hydrogen-bond acceptors (Lipinski definition) is 6. The zero-order valence-electron chi connectivity index (χ0n) is 19.6. The van der Waals surface area contributed by atoms with E-state index in [0.717, 1.165) is 11.1 Å². The molecule has 0 fully saturated rings. The molecule has 4 aromatic rings. The molecular formula is C25H27N5O3S. The van der Waals surface area contributed by atoms with Gasteiger partial charge in [-0.25, -0.2) is 4.68 Å². The summed E-state index contributed by atoms with van der Waals surface area (Å²) in [5.41, 5.74) is 2.17. The van der Waals surface area contributed by atoms with E-state index in [9.17, 15) is 9.59 Å². The Morgan fingerprint density at radius 1 is 1.12 bits per heavy atom. The molecule has 2 amide bonds. The summed E-state index contributed by atoms with van der Waals surface area (Å²) in [7, 11) is 1.54. The smallest absolute Gasteiger partial charge is 0.249 e. The van der Waals surface area contributed by atoms with Crippen molar-refractivity contribution in [1.29, 1.82) is 0 Å². The van der Waals surface area contributed by atoms with Gasteiger partial charge in [0.15, 0.2) is 0 Å². The molecule has 176 valence electrons. The highest BCUT2D eigenvalue weighted by atomic mass is 32.1. The summed E-state index contributed by atoms with van der Waals surface area (Å²) in [6, 6.07) is 15.6. The average molecular weight is 478 g/mol. The first kappa shape index (κ1) is 23.4. The number of carbonyl (C=O) groups excluding carboxylic acids is 2. The highest BCUT2D eigenvalue weighted by Crippen LogP contribution is 2.36. The van der Waals surface area contributed by atoms with Crippen LogP contribution >= 0.6 is 11.3 Å². The molecule has 1 atom stereocenters. The number of hydrogen-bond donors (Lipinski definition) is 1. The number of para-hydroxylation sites is 3. The van der Waals surface area contributed by atoms with Crippen molar-refractivity contribution in [3.05, 3.63) is 70.9 Å². The van der Waals surface area contributed by atoms with Gasteiger partial charge in [0.2, 0.25) is 11.8 Å². The SMILES string of the molecule is COc1ccccc1N(C(=O)Cn1nnc2ccccc21)[C@H](C(=O)NC(C)(C)C)c1ccsc1. The molecule has 1 N–H and O–H groups in total. The molecule has 8 nitrogen and oxygen atoms in total. The lowest BCUT2D eigenvalue weighted by molar-refractivity contribution is -0.128. The molecule has 0 aliphatic rings. The van der Waals surface area contributed by atoms with Gasteiger partial charge in [0.25, 0.3) is 0 Å². The fraction of sp³-hybridized carbons (Fsp3) is 0.280. The third-order valence-electron chi connectivity index (χ3n) is 5.18.